The zero-order valence-electron chi connectivity index (χ0n) is 7.06. The number of halogens is 2. The van der Waals surface area contributed by atoms with E-state index in [2.05, 4.69) is 5.32 Å². The molecule has 0 aliphatic carbocycles. The number of aliphatic hydroxyl groups is 1. The van der Waals surface area contributed by atoms with Gasteiger partial charge in [0, 0.05) is 18.2 Å². The minimum Gasteiger partial charge on any atom is -0.396 e. The molecule has 2 nitrogen and oxygen atoms in total. The summed E-state index contributed by atoms with van der Waals surface area (Å²) in [7, 11) is 0. The number of hydrogen-bond acceptors (Lipinski definition) is 2. The van der Waals surface area contributed by atoms with Crippen LogP contribution in [0, 0.1) is 0 Å². The summed E-state index contributed by atoms with van der Waals surface area (Å²) in [5, 5.41) is 12.9. The summed E-state index contributed by atoms with van der Waals surface area (Å²) < 4.78 is 0. The van der Waals surface area contributed by atoms with Crippen LogP contribution in [0.4, 0.5) is 5.69 Å². The molecule has 0 amide bonds. The summed E-state index contributed by atoms with van der Waals surface area (Å²) in [4.78, 5) is 0. The zero-order chi connectivity index (χ0) is 9.68. The van der Waals surface area contributed by atoms with Crippen molar-refractivity contribution < 1.29 is 5.11 Å². The number of rotatable bonds is 4. The predicted octanol–water partition coefficient (Wildman–Crippen LogP) is 2.79. The molecule has 1 aromatic carbocycles. The van der Waals surface area contributed by atoms with E-state index in [0.29, 0.717) is 23.0 Å². The van der Waals surface area contributed by atoms with E-state index in [1.165, 1.54) is 0 Å². The maximum Gasteiger partial charge on any atom is 0.0652 e. The Morgan fingerprint density at radius 3 is 2.69 bits per heavy atom. The van der Waals surface area contributed by atoms with Gasteiger partial charge in [0.1, 0.15) is 0 Å². The lowest BCUT2D eigenvalue weighted by atomic mass is 10.3. The molecule has 2 N–H and O–H groups in total. The van der Waals surface area contributed by atoms with Gasteiger partial charge < -0.3 is 10.4 Å². The molecule has 0 saturated heterocycles. The van der Waals surface area contributed by atoms with Crippen LogP contribution in [0.1, 0.15) is 6.42 Å². The van der Waals surface area contributed by atoms with Gasteiger partial charge in [-0.1, -0.05) is 23.2 Å². The average molecular weight is 220 g/mol. The van der Waals surface area contributed by atoms with E-state index in [0.717, 1.165) is 5.69 Å². The maximum atomic E-state index is 8.56. The number of benzene rings is 1. The van der Waals surface area contributed by atoms with Gasteiger partial charge in [-0.3, -0.25) is 0 Å². The number of nitrogens with one attached hydrogen (secondary N) is 1. The van der Waals surface area contributed by atoms with Crippen LogP contribution in [0.3, 0.4) is 0 Å². The smallest absolute Gasteiger partial charge is 0.0652 e. The lowest BCUT2D eigenvalue weighted by Gasteiger charge is -2.07. The molecular formula is C9H11Cl2NO. The van der Waals surface area contributed by atoms with Crippen LogP contribution in [0.2, 0.25) is 10.0 Å². The molecule has 0 aromatic heterocycles. The Balaban J connectivity index is 2.56. The molecule has 0 fully saturated rings. The van der Waals surface area contributed by atoms with E-state index in [9.17, 15) is 0 Å². The zero-order valence-corrected chi connectivity index (χ0v) is 8.57. The lowest BCUT2D eigenvalue weighted by Crippen LogP contribution is -2.03. The Morgan fingerprint density at radius 2 is 2.08 bits per heavy atom. The first-order chi connectivity index (χ1) is 6.24. The van der Waals surface area contributed by atoms with E-state index in [1.54, 1.807) is 12.1 Å². The predicted molar refractivity (Wildman–Crippen MR) is 56.7 cm³/mol. The minimum absolute atomic E-state index is 0.179. The molecule has 0 unspecified atom stereocenters. The van der Waals surface area contributed by atoms with Crippen LogP contribution in [0.5, 0.6) is 0 Å². The third-order valence-corrected chi connectivity index (χ3v) is 2.13. The summed E-state index contributed by atoms with van der Waals surface area (Å²) in [5.41, 5.74) is 0.847. The summed E-state index contributed by atoms with van der Waals surface area (Å²) >= 11 is 11.6. The van der Waals surface area contributed by atoms with Crippen LogP contribution in [-0.2, 0) is 0 Å². The molecular weight excluding hydrogens is 209 g/mol. The summed E-state index contributed by atoms with van der Waals surface area (Å²) in [5.74, 6) is 0. The second kappa shape index (κ2) is 5.32. The quantitative estimate of drug-likeness (QED) is 0.764. The number of hydrogen-bond donors (Lipinski definition) is 2. The van der Waals surface area contributed by atoms with E-state index in [1.807, 2.05) is 6.07 Å². The highest BCUT2D eigenvalue weighted by Gasteiger charge is 1.99. The first kappa shape index (κ1) is 10.6. The van der Waals surface area contributed by atoms with Gasteiger partial charge in [-0.15, -0.1) is 0 Å². The molecule has 1 aromatic rings. The lowest BCUT2D eigenvalue weighted by molar-refractivity contribution is 0.292. The van der Waals surface area contributed by atoms with Crippen molar-refractivity contribution in [2.75, 3.05) is 18.5 Å². The summed E-state index contributed by atoms with van der Waals surface area (Å²) in [6, 6.07) is 5.28. The topological polar surface area (TPSA) is 32.3 Å². The highest BCUT2D eigenvalue weighted by Crippen LogP contribution is 2.24. The third-order valence-electron chi connectivity index (χ3n) is 1.58. The monoisotopic (exact) mass is 219 g/mol. The summed E-state index contributed by atoms with van der Waals surface area (Å²) in [6.45, 7) is 0.885. The molecule has 0 atom stereocenters. The van der Waals surface area contributed by atoms with Crippen LogP contribution in [0.25, 0.3) is 0 Å². The number of anilines is 1. The molecule has 4 heteroatoms. The van der Waals surface area contributed by atoms with Crippen molar-refractivity contribution in [1.29, 1.82) is 0 Å². The maximum absolute atomic E-state index is 8.56. The highest BCUT2D eigenvalue weighted by atomic mass is 35.5. The molecule has 0 spiro atoms. The van der Waals surface area contributed by atoms with Crippen molar-refractivity contribution in [1.82, 2.24) is 0 Å². The van der Waals surface area contributed by atoms with Crippen LogP contribution in [0.15, 0.2) is 18.2 Å². The van der Waals surface area contributed by atoms with Gasteiger partial charge in [-0.25, -0.2) is 0 Å². The molecule has 0 saturated carbocycles. The van der Waals surface area contributed by atoms with Crippen molar-refractivity contribution in [3.63, 3.8) is 0 Å². The van der Waals surface area contributed by atoms with Crippen molar-refractivity contribution in [2.24, 2.45) is 0 Å². The van der Waals surface area contributed by atoms with Gasteiger partial charge in [0.2, 0.25) is 0 Å². The van der Waals surface area contributed by atoms with Crippen molar-refractivity contribution in [3.8, 4) is 0 Å². The normalized spacial score (nSPS) is 10.1. The molecule has 0 bridgehead atoms. The van der Waals surface area contributed by atoms with E-state index in [4.69, 9.17) is 28.3 Å². The van der Waals surface area contributed by atoms with Gasteiger partial charge in [-0.05, 0) is 24.6 Å². The molecule has 0 heterocycles. The minimum atomic E-state index is 0.179. The third kappa shape index (κ3) is 3.43. The van der Waals surface area contributed by atoms with Crippen LogP contribution < -0.4 is 5.32 Å². The second-order valence-corrected chi connectivity index (χ2v) is 3.47. The van der Waals surface area contributed by atoms with Gasteiger partial charge >= 0.3 is 0 Å². The largest absolute Gasteiger partial charge is 0.396 e. The first-order valence-corrected chi connectivity index (χ1v) is 4.79. The standard InChI is InChI=1S/C9H11Cl2NO/c10-7-2-3-9(8(11)6-7)12-4-1-5-13/h2-3,6,12-13H,1,4-5H2. The van der Waals surface area contributed by atoms with E-state index in [-0.39, 0.29) is 6.61 Å². The van der Waals surface area contributed by atoms with Gasteiger partial charge in [0.15, 0.2) is 0 Å². The SMILES string of the molecule is OCCCNc1ccc(Cl)cc1Cl. The van der Waals surface area contributed by atoms with Crippen LogP contribution >= 0.6 is 23.2 Å². The second-order valence-electron chi connectivity index (χ2n) is 2.63. The molecule has 0 aliphatic heterocycles. The van der Waals surface area contributed by atoms with Crippen molar-refractivity contribution >= 4 is 28.9 Å². The van der Waals surface area contributed by atoms with Crippen molar-refractivity contribution in [3.05, 3.63) is 28.2 Å². The molecule has 0 radical (unpaired) electrons. The molecule has 0 aliphatic rings. The Kier molecular flexibility index (Phi) is 4.36. The van der Waals surface area contributed by atoms with Gasteiger partial charge in [0.25, 0.3) is 0 Å². The van der Waals surface area contributed by atoms with E-state index < -0.39 is 0 Å². The fraction of sp³-hybridized carbons (Fsp3) is 0.333. The average Bonchev–Trinajstić information content (AvgIpc) is 2.09. The fourth-order valence-electron chi connectivity index (χ4n) is 0.935. The van der Waals surface area contributed by atoms with Gasteiger partial charge in [-0.2, -0.15) is 0 Å². The van der Waals surface area contributed by atoms with E-state index >= 15 is 0 Å². The Labute approximate surface area is 87.5 Å². The number of aliphatic hydroxyl groups excluding tert-OH is 1. The Hall–Kier alpha value is -0.440. The molecule has 72 valence electrons. The Morgan fingerprint density at radius 1 is 1.31 bits per heavy atom. The highest BCUT2D eigenvalue weighted by molar-refractivity contribution is 6.36. The molecule has 13 heavy (non-hydrogen) atoms. The van der Waals surface area contributed by atoms with Crippen molar-refractivity contribution in [2.45, 2.75) is 6.42 Å². The Bertz CT molecular complexity index is 278. The van der Waals surface area contributed by atoms with Gasteiger partial charge in [0.05, 0.1) is 10.7 Å². The molecule has 1 rings (SSSR count). The first-order valence-electron chi connectivity index (χ1n) is 4.04. The van der Waals surface area contributed by atoms with Crippen LogP contribution in [-0.4, -0.2) is 18.3 Å². The summed E-state index contributed by atoms with van der Waals surface area (Å²) in [6.07, 6.45) is 0.707. The fourth-order valence-corrected chi connectivity index (χ4v) is 1.41.